The second kappa shape index (κ2) is 6.03. The van der Waals surface area contributed by atoms with Crippen LogP contribution in [0.3, 0.4) is 0 Å². The number of pyridine rings is 1. The highest BCUT2D eigenvalue weighted by molar-refractivity contribution is 5.46. The van der Waals surface area contributed by atoms with E-state index in [-0.39, 0.29) is 17.8 Å². The van der Waals surface area contributed by atoms with Crippen molar-refractivity contribution in [3.63, 3.8) is 0 Å². The Kier molecular flexibility index (Phi) is 3.90. The second-order valence-electron chi connectivity index (χ2n) is 5.36. The Bertz CT molecular complexity index is 955. The zero-order valence-electron chi connectivity index (χ0n) is 13.1. The lowest BCUT2D eigenvalue weighted by Gasteiger charge is -2.11. The van der Waals surface area contributed by atoms with Crippen molar-refractivity contribution >= 4 is 5.69 Å². The quantitative estimate of drug-likeness (QED) is 0.529. The van der Waals surface area contributed by atoms with E-state index < -0.39 is 4.92 Å². The van der Waals surface area contributed by atoms with Crippen LogP contribution in [0.1, 0.15) is 17.0 Å². The predicted molar refractivity (Wildman–Crippen MR) is 85.1 cm³/mol. The first-order valence-electron chi connectivity index (χ1n) is 7.16. The minimum Gasteiger partial charge on any atom is -0.301 e. The molecule has 9 nitrogen and oxygen atoms in total. The number of para-hydroxylation sites is 1. The van der Waals surface area contributed by atoms with E-state index in [9.17, 15) is 14.9 Å². The minimum atomic E-state index is -0.551. The topological polar surface area (TPSA) is 109 Å². The molecule has 0 saturated carbocycles. The van der Waals surface area contributed by atoms with Crippen molar-refractivity contribution in [2.75, 3.05) is 0 Å². The molecular weight excluding hydrogens is 312 g/mol. The summed E-state index contributed by atoms with van der Waals surface area (Å²) < 4.78 is 2.77. The van der Waals surface area contributed by atoms with Gasteiger partial charge in [-0.2, -0.15) is 4.68 Å². The van der Waals surface area contributed by atoms with Crippen LogP contribution >= 0.6 is 0 Å². The largest absolute Gasteiger partial charge is 0.301 e. The highest BCUT2D eigenvalue weighted by Gasteiger charge is 2.15. The first-order chi connectivity index (χ1) is 11.5. The minimum absolute atomic E-state index is 0.0291. The van der Waals surface area contributed by atoms with Gasteiger partial charge in [-0.1, -0.05) is 18.2 Å². The van der Waals surface area contributed by atoms with Gasteiger partial charge in [0.25, 0.3) is 11.2 Å². The number of aryl methyl sites for hydroxylation is 2. The molecule has 1 aromatic carbocycles. The van der Waals surface area contributed by atoms with Gasteiger partial charge in [-0.25, -0.2) is 0 Å². The van der Waals surface area contributed by atoms with Gasteiger partial charge in [0, 0.05) is 12.1 Å². The van der Waals surface area contributed by atoms with Gasteiger partial charge in [0.2, 0.25) is 0 Å². The molecule has 0 amide bonds. The highest BCUT2D eigenvalue weighted by atomic mass is 16.6. The summed E-state index contributed by atoms with van der Waals surface area (Å²) in [7, 11) is 0. The van der Waals surface area contributed by atoms with Crippen molar-refractivity contribution in [1.82, 2.24) is 24.8 Å². The van der Waals surface area contributed by atoms with Gasteiger partial charge in [0.15, 0.2) is 5.82 Å². The van der Waals surface area contributed by atoms with Gasteiger partial charge >= 0.3 is 0 Å². The summed E-state index contributed by atoms with van der Waals surface area (Å²) in [6, 6.07) is 8.14. The van der Waals surface area contributed by atoms with Crippen molar-refractivity contribution in [3.05, 3.63) is 73.9 Å². The van der Waals surface area contributed by atoms with Gasteiger partial charge in [-0.05, 0) is 35.4 Å². The second-order valence-corrected chi connectivity index (χ2v) is 5.36. The van der Waals surface area contributed by atoms with Crippen molar-refractivity contribution in [3.8, 4) is 5.69 Å². The maximum atomic E-state index is 12.0. The zero-order valence-corrected chi connectivity index (χ0v) is 13.1. The molecule has 0 aliphatic heterocycles. The van der Waals surface area contributed by atoms with E-state index in [1.807, 2.05) is 32.0 Å². The Morgan fingerprint density at radius 1 is 1.17 bits per heavy atom. The predicted octanol–water partition coefficient (Wildman–Crippen LogP) is 1.40. The van der Waals surface area contributed by atoms with Gasteiger partial charge in [0.05, 0.1) is 23.4 Å². The van der Waals surface area contributed by atoms with Crippen LogP contribution in [-0.4, -0.2) is 29.7 Å². The lowest BCUT2D eigenvalue weighted by atomic mass is 10.1. The molecule has 9 heteroatoms. The van der Waals surface area contributed by atoms with E-state index in [0.29, 0.717) is 5.82 Å². The Balaban J connectivity index is 2.05. The Hall–Kier alpha value is -3.36. The average molecular weight is 326 g/mol. The number of rotatable bonds is 4. The lowest BCUT2D eigenvalue weighted by Crippen LogP contribution is -2.21. The summed E-state index contributed by atoms with van der Waals surface area (Å²) in [6.07, 6.45) is 1.19. The Labute approximate surface area is 136 Å². The average Bonchev–Trinajstić information content (AvgIpc) is 2.97. The molecule has 2 heterocycles. The van der Waals surface area contributed by atoms with E-state index in [0.717, 1.165) is 22.9 Å². The zero-order chi connectivity index (χ0) is 17.3. The molecule has 0 spiro atoms. The fourth-order valence-electron chi connectivity index (χ4n) is 2.52. The standard InChI is InChI=1S/C15H14N6O3/c1-10-4-3-5-11(2)15(10)20-13(16-17-18-20)9-19-8-12(21(23)24)6-7-14(19)22/h3-8H,9H2,1-2H3. The molecule has 0 atom stereocenters. The third-order valence-electron chi connectivity index (χ3n) is 3.68. The number of nitro groups is 1. The molecule has 2 aromatic heterocycles. The van der Waals surface area contributed by atoms with Crippen molar-refractivity contribution in [1.29, 1.82) is 0 Å². The van der Waals surface area contributed by atoms with Crippen molar-refractivity contribution < 1.29 is 4.92 Å². The summed E-state index contributed by atoms with van der Waals surface area (Å²) >= 11 is 0. The third kappa shape index (κ3) is 2.78. The molecule has 0 unspecified atom stereocenters. The molecule has 0 radical (unpaired) electrons. The molecular formula is C15H14N6O3. The summed E-state index contributed by atoms with van der Waals surface area (Å²) in [6.45, 7) is 3.90. The van der Waals surface area contributed by atoms with Gasteiger partial charge in [-0.3, -0.25) is 14.9 Å². The molecule has 0 fully saturated rings. The van der Waals surface area contributed by atoms with Crippen LogP contribution in [0.5, 0.6) is 0 Å². The maximum Gasteiger partial charge on any atom is 0.285 e. The summed E-state index contributed by atoms with van der Waals surface area (Å²) in [5.74, 6) is 0.412. The molecule has 3 aromatic rings. The van der Waals surface area contributed by atoms with Crippen LogP contribution < -0.4 is 5.56 Å². The molecule has 0 saturated heterocycles. The normalized spacial score (nSPS) is 10.8. The van der Waals surface area contributed by atoms with Gasteiger partial charge in [-0.15, -0.1) is 5.10 Å². The van der Waals surface area contributed by atoms with Crippen LogP contribution in [0.2, 0.25) is 0 Å². The van der Waals surface area contributed by atoms with Gasteiger partial charge in [0.1, 0.15) is 0 Å². The SMILES string of the molecule is Cc1cccc(C)c1-n1nnnc1Cn1cc([N+](=O)[O-])ccc1=O. The fraction of sp³-hybridized carbons (Fsp3) is 0.200. The fourth-order valence-corrected chi connectivity index (χ4v) is 2.52. The summed E-state index contributed by atoms with van der Waals surface area (Å²) in [4.78, 5) is 22.3. The molecule has 0 aliphatic carbocycles. The van der Waals surface area contributed by atoms with Crippen molar-refractivity contribution in [2.45, 2.75) is 20.4 Å². The van der Waals surface area contributed by atoms with E-state index in [2.05, 4.69) is 15.5 Å². The van der Waals surface area contributed by atoms with Crippen LogP contribution in [0.25, 0.3) is 5.69 Å². The monoisotopic (exact) mass is 326 g/mol. The first kappa shape index (κ1) is 15.5. The maximum absolute atomic E-state index is 12.0. The van der Waals surface area contributed by atoms with Crippen molar-refractivity contribution in [2.24, 2.45) is 0 Å². The van der Waals surface area contributed by atoms with Crippen LogP contribution in [-0.2, 0) is 6.54 Å². The lowest BCUT2D eigenvalue weighted by molar-refractivity contribution is -0.385. The molecule has 3 rings (SSSR count). The smallest absolute Gasteiger partial charge is 0.285 e. The van der Waals surface area contributed by atoms with Crippen LogP contribution in [0.15, 0.2) is 41.3 Å². The number of aromatic nitrogens is 5. The molecule has 0 bridgehead atoms. The van der Waals surface area contributed by atoms with Crippen LogP contribution in [0, 0.1) is 24.0 Å². The van der Waals surface area contributed by atoms with E-state index in [1.54, 1.807) is 4.68 Å². The number of hydrogen-bond acceptors (Lipinski definition) is 6. The molecule has 0 N–H and O–H groups in total. The Morgan fingerprint density at radius 2 is 1.88 bits per heavy atom. The summed E-state index contributed by atoms with van der Waals surface area (Å²) in [5, 5.41) is 22.5. The van der Waals surface area contributed by atoms with Gasteiger partial charge < -0.3 is 4.57 Å². The van der Waals surface area contributed by atoms with E-state index >= 15 is 0 Å². The molecule has 122 valence electrons. The van der Waals surface area contributed by atoms with Crippen LogP contribution in [0.4, 0.5) is 5.69 Å². The van der Waals surface area contributed by atoms with E-state index in [4.69, 9.17) is 0 Å². The number of nitrogens with zero attached hydrogens (tertiary/aromatic N) is 6. The third-order valence-corrected chi connectivity index (χ3v) is 3.68. The number of benzene rings is 1. The molecule has 24 heavy (non-hydrogen) atoms. The summed E-state index contributed by atoms with van der Waals surface area (Å²) in [5.41, 5.74) is 2.26. The highest BCUT2D eigenvalue weighted by Crippen LogP contribution is 2.19. The van der Waals surface area contributed by atoms with E-state index in [1.165, 1.54) is 16.8 Å². The number of hydrogen-bond donors (Lipinski definition) is 0. The first-order valence-corrected chi connectivity index (χ1v) is 7.16. The Morgan fingerprint density at radius 3 is 2.54 bits per heavy atom. The molecule has 0 aliphatic rings. The number of tetrazole rings is 1.